The quantitative estimate of drug-likeness (QED) is 0.521. The van der Waals surface area contributed by atoms with Gasteiger partial charge >= 0.3 is 5.97 Å². The molecule has 0 saturated carbocycles. The predicted molar refractivity (Wildman–Crippen MR) is 73.6 cm³/mol. The van der Waals surface area contributed by atoms with Crippen LogP contribution >= 0.6 is 0 Å². The first kappa shape index (κ1) is 14.9. The highest BCUT2D eigenvalue weighted by Crippen LogP contribution is 2.20. The molecule has 0 radical (unpaired) electrons. The van der Waals surface area contributed by atoms with Gasteiger partial charge in [-0.1, -0.05) is 18.2 Å². The molecule has 2 heterocycles. The molecule has 0 bridgehead atoms. The zero-order valence-electron chi connectivity index (χ0n) is 10.9. The van der Waals surface area contributed by atoms with Crippen LogP contribution in [0.25, 0.3) is 10.9 Å². The number of esters is 1. The van der Waals surface area contributed by atoms with Gasteiger partial charge in [-0.25, -0.2) is 4.79 Å². The summed E-state index contributed by atoms with van der Waals surface area (Å²) in [6.07, 6.45) is -0.828. The third-order valence-corrected chi connectivity index (χ3v) is 2.94. The minimum Gasteiger partial charge on any atom is -0.505 e. The van der Waals surface area contributed by atoms with Crippen molar-refractivity contribution >= 4 is 16.9 Å². The van der Waals surface area contributed by atoms with Gasteiger partial charge in [-0.15, -0.1) is 0 Å². The van der Waals surface area contributed by atoms with Crippen molar-refractivity contribution in [3.8, 4) is 0 Å². The molecule has 7 nitrogen and oxygen atoms in total. The fourth-order valence-electron chi connectivity index (χ4n) is 1.82. The molecule has 1 aromatic heterocycles. The number of carbonyl (C=O) groups excluding carboxylic acids is 1. The second-order valence-corrected chi connectivity index (χ2v) is 4.37. The Morgan fingerprint density at radius 3 is 2.52 bits per heavy atom. The second-order valence-electron chi connectivity index (χ2n) is 4.37. The summed E-state index contributed by atoms with van der Waals surface area (Å²) < 4.78 is 4.32. The van der Waals surface area contributed by atoms with Crippen molar-refractivity contribution in [2.24, 2.45) is 0 Å². The van der Waals surface area contributed by atoms with Gasteiger partial charge in [0.15, 0.2) is 11.9 Å². The molecule has 7 heteroatoms. The maximum atomic E-state index is 10.5. The Hall–Kier alpha value is -2.51. The molecule has 2 atom stereocenters. The normalized spacial score (nSPS) is 19.1. The molecule has 1 aromatic carbocycles. The minimum atomic E-state index is -1.42. The zero-order chi connectivity index (χ0) is 15.4. The lowest BCUT2D eigenvalue weighted by Gasteiger charge is -2.13. The Morgan fingerprint density at radius 1 is 1.24 bits per heavy atom. The van der Waals surface area contributed by atoms with Gasteiger partial charge in [0, 0.05) is 11.7 Å². The van der Waals surface area contributed by atoms with Crippen LogP contribution in [0.5, 0.6) is 0 Å². The third-order valence-electron chi connectivity index (χ3n) is 2.94. The number of hydrogen-bond donors (Lipinski definition) is 5. The fraction of sp³-hybridized carbons (Fsp3) is 0.214. The molecule has 0 amide bonds. The lowest BCUT2D eigenvalue weighted by molar-refractivity contribution is -0.147. The number of H-pyrrole nitrogens is 1. The summed E-state index contributed by atoms with van der Waals surface area (Å²) in [5, 5.41) is 36.3. The van der Waals surface area contributed by atoms with E-state index < -0.39 is 36.3 Å². The number of cyclic esters (lactones) is 1. The SMILES string of the molecule is O=C1O[C@H]([C@@H](O)CO)C(O)=C1O.c1ccc2[nH]ccc2c1. The number of aromatic amines is 1. The van der Waals surface area contributed by atoms with Crippen LogP contribution in [-0.2, 0) is 9.53 Å². The number of para-hydroxylation sites is 1. The second kappa shape index (κ2) is 6.29. The standard InChI is InChI=1S/C8H7N.C6H8O6/c1-2-4-8-7(3-1)5-6-9-8;7-1-2(8)5-3(9)4(10)6(11)12-5/h1-6,9H;2,5,7-10H,1H2/t;2-,5+/m.0/s1. The third kappa shape index (κ3) is 3.15. The molecule has 0 aliphatic carbocycles. The number of aliphatic hydroxyl groups is 4. The molecule has 0 spiro atoms. The van der Waals surface area contributed by atoms with Gasteiger partial charge in [0.05, 0.1) is 6.61 Å². The molecule has 112 valence electrons. The molecule has 0 fully saturated rings. The Kier molecular flexibility index (Phi) is 4.46. The average Bonchev–Trinajstić information content (AvgIpc) is 3.07. The first-order chi connectivity index (χ1) is 10.0. The van der Waals surface area contributed by atoms with Crippen molar-refractivity contribution < 1.29 is 30.0 Å². The number of benzene rings is 1. The van der Waals surface area contributed by atoms with Gasteiger partial charge in [-0.2, -0.15) is 0 Å². The summed E-state index contributed by atoms with van der Waals surface area (Å²) >= 11 is 0. The van der Waals surface area contributed by atoms with E-state index in [1.54, 1.807) is 0 Å². The number of hydrogen-bond acceptors (Lipinski definition) is 6. The monoisotopic (exact) mass is 293 g/mol. The van der Waals surface area contributed by atoms with Crippen molar-refractivity contribution in [3.05, 3.63) is 48.0 Å². The molecule has 0 unspecified atom stereocenters. The van der Waals surface area contributed by atoms with Crippen LogP contribution in [0.1, 0.15) is 0 Å². The smallest absolute Gasteiger partial charge is 0.377 e. The molecule has 1 aliphatic heterocycles. The predicted octanol–water partition coefficient (Wildman–Crippen LogP) is 0.760. The summed E-state index contributed by atoms with van der Waals surface area (Å²) in [6.45, 7) is -0.671. The van der Waals surface area contributed by atoms with E-state index in [1.807, 2.05) is 18.3 Å². The maximum Gasteiger partial charge on any atom is 0.377 e. The van der Waals surface area contributed by atoms with E-state index in [0.29, 0.717) is 0 Å². The Labute approximate surface area is 119 Å². The summed E-state index contributed by atoms with van der Waals surface area (Å²) in [5.41, 5.74) is 1.21. The molecule has 3 rings (SSSR count). The minimum absolute atomic E-state index is 0.671. The van der Waals surface area contributed by atoms with Crippen LogP contribution in [0.3, 0.4) is 0 Å². The molecular weight excluding hydrogens is 278 g/mol. The number of fused-ring (bicyclic) bond motifs is 1. The molecular formula is C14H15NO6. The van der Waals surface area contributed by atoms with Crippen molar-refractivity contribution in [2.75, 3.05) is 6.61 Å². The van der Waals surface area contributed by atoms with Crippen molar-refractivity contribution in [1.29, 1.82) is 0 Å². The van der Waals surface area contributed by atoms with Crippen LogP contribution in [0.15, 0.2) is 48.0 Å². The maximum absolute atomic E-state index is 10.5. The Morgan fingerprint density at radius 2 is 1.95 bits per heavy atom. The van der Waals surface area contributed by atoms with E-state index in [-0.39, 0.29) is 0 Å². The van der Waals surface area contributed by atoms with Gasteiger partial charge in [0.1, 0.15) is 6.10 Å². The van der Waals surface area contributed by atoms with E-state index in [4.69, 9.17) is 20.4 Å². The van der Waals surface area contributed by atoms with Crippen LogP contribution < -0.4 is 0 Å². The van der Waals surface area contributed by atoms with E-state index in [1.165, 1.54) is 10.9 Å². The van der Waals surface area contributed by atoms with Crippen LogP contribution in [-0.4, -0.2) is 50.2 Å². The van der Waals surface area contributed by atoms with E-state index in [0.717, 1.165) is 0 Å². The first-order valence-electron chi connectivity index (χ1n) is 6.18. The highest BCUT2D eigenvalue weighted by atomic mass is 16.6. The number of nitrogens with one attached hydrogen (secondary N) is 1. The van der Waals surface area contributed by atoms with Gasteiger partial charge in [-0.05, 0) is 17.5 Å². The highest BCUT2D eigenvalue weighted by molar-refractivity contribution is 5.89. The summed E-state index contributed by atoms with van der Waals surface area (Å²) in [4.78, 5) is 13.7. The zero-order valence-corrected chi connectivity index (χ0v) is 10.9. The van der Waals surface area contributed by atoms with Crippen LogP contribution in [0, 0.1) is 0 Å². The van der Waals surface area contributed by atoms with Gasteiger partial charge < -0.3 is 30.1 Å². The number of rotatable bonds is 2. The average molecular weight is 293 g/mol. The van der Waals surface area contributed by atoms with Crippen LogP contribution in [0.4, 0.5) is 0 Å². The van der Waals surface area contributed by atoms with Crippen molar-refractivity contribution in [1.82, 2.24) is 4.98 Å². The number of ether oxygens (including phenoxy) is 1. The lowest BCUT2D eigenvalue weighted by Crippen LogP contribution is -2.31. The van der Waals surface area contributed by atoms with Gasteiger partial charge in [0.25, 0.3) is 0 Å². The highest BCUT2D eigenvalue weighted by Gasteiger charge is 2.38. The van der Waals surface area contributed by atoms with Crippen molar-refractivity contribution in [2.45, 2.75) is 12.2 Å². The molecule has 2 aromatic rings. The van der Waals surface area contributed by atoms with E-state index in [2.05, 4.69) is 27.9 Å². The number of carbonyl (C=O) groups is 1. The Bertz CT molecular complexity index is 632. The molecule has 0 saturated heterocycles. The van der Waals surface area contributed by atoms with Crippen molar-refractivity contribution in [3.63, 3.8) is 0 Å². The first-order valence-corrected chi connectivity index (χ1v) is 6.18. The van der Waals surface area contributed by atoms with E-state index in [9.17, 15) is 4.79 Å². The molecule has 5 N–H and O–H groups in total. The Balaban J connectivity index is 0.000000159. The van der Waals surface area contributed by atoms with Crippen LogP contribution in [0.2, 0.25) is 0 Å². The lowest BCUT2D eigenvalue weighted by atomic mass is 10.2. The summed E-state index contributed by atoms with van der Waals surface area (Å²) in [6, 6.07) is 10.3. The summed E-state index contributed by atoms with van der Waals surface area (Å²) in [7, 11) is 0. The summed E-state index contributed by atoms with van der Waals surface area (Å²) in [5.74, 6) is -2.78. The molecule has 21 heavy (non-hydrogen) atoms. The number of aromatic nitrogens is 1. The topological polar surface area (TPSA) is 123 Å². The fourth-order valence-corrected chi connectivity index (χ4v) is 1.82. The largest absolute Gasteiger partial charge is 0.505 e. The number of aliphatic hydroxyl groups excluding tert-OH is 4. The van der Waals surface area contributed by atoms with Gasteiger partial charge in [-0.3, -0.25) is 0 Å². The van der Waals surface area contributed by atoms with Gasteiger partial charge in [0.2, 0.25) is 5.76 Å². The molecule has 1 aliphatic rings. The van der Waals surface area contributed by atoms with E-state index >= 15 is 0 Å².